The fourth-order valence-corrected chi connectivity index (χ4v) is 1.21. The number of nitrogens with zero attached hydrogens (tertiary/aromatic N) is 1. The van der Waals surface area contributed by atoms with Crippen LogP contribution in [0.3, 0.4) is 0 Å². The van der Waals surface area contributed by atoms with E-state index >= 15 is 0 Å². The van der Waals surface area contributed by atoms with Gasteiger partial charge in [-0.15, -0.1) is 0 Å². The number of hydrogen-bond acceptors (Lipinski definition) is 2. The molecule has 1 N–H and O–H groups in total. The fourth-order valence-electron chi connectivity index (χ4n) is 0.711. The number of hydrogen-bond donors (Lipinski definition) is 1. The van der Waals surface area contributed by atoms with Crippen molar-refractivity contribution in [3.8, 4) is 6.07 Å². The Hall–Kier alpha value is -1.18. The molecule has 0 spiro atoms. The molecule has 0 bridgehead atoms. The van der Waals surface area contributed by atoms with Crippen molar-refractivity contribution >= 4 is 11.1 Å². The molecule has 4 heteroatoms. The Labute approximate surface area is 66.6 Å². The first-order valence-electron chi connectivity index (χ1n) is 2.85. The van der Waals surface area contributed by atoms with Gasteiger partial charge in [0.15, 0.2) is 11.1 Å². The smallest absolute Gasteiger partial charge is 0.187 e. The Morgan fingerprint density at radius 1 is 1.45 bits per heavy atom. The van der Waals surface area contributed by atoms with Gasteiger partial charge in [-0.2, -0.15) is 5.26 Å². The molecule has 56 valence electrons. The topological polar surface area (TPSA) is 61.1 Å². The third-order valence-corrected chi connectivity index (χ3v) is 1.93. The zero-order valence-corrected chi connectivity index (χ0v) is 6.34. The maximum absolute atomic E-state index is 10.5. The lowest BCUT2D eigenvalue weighted by Gasteiger charge is -1.94. The second-order valence-electron chi connectivity index (χ2n) is 1.86. The van der Waals surface area contributed by atoms with Crippen LogP contribution in [0.15, 0.2) is 29.2 Å². The highest BCUT2D eigenvalue weighted by Crippen LogP contribution is 2.09. The highest BCUT2D eigenvalue weighted by molar-refractivity contribution is 7.79. The summed E-state index contributed by atoms with van der Waals surface area (Å²) in [5, 5.41) is 8.47. The number of rotatable bonds is 1. The Balaban J connectivity index is 3.26. The zero-order chi connectivity index (χ0) is 8.27. The molecule has 1 aromatic rings. The summed E-state index contributed by atoms with van der Waals surface area (Å²) in [7, 11) is 0. The van der Waals surface area contributed by atoms with Crippen molar-refractivity contribution in [3.63, 3.8) is 0 Å². The van der Waals surface area contributed by atoms with Gasteiger partial charge in [0.05, 0.1) is 10.5 Å². The molecule has 0 heterocycles. The SMILES string of the molecule is N#Cc1ccccc1S(=O)O. The minimum Gasteiger partial charge on any atom is -0.302 e. The van der Waals surface area contributed by atoms with Crippen molar-refractivity contribution in [1.82, 2.24) is 0 Å². The Morgan fingerprint density at radius 3 is 2.55 bits per heavy atom. The standard InChI is InChI=1S/C7H5NO2S/c8-5-6-3-1-2-4-7(6)11(9)10/h1-4H,(H,9,10). The Morgan fingerprint density at radius 2 is 2.09 bits per heavy atom. The second kappa shape index (κ2) is 3.28. The molecule has 0 saturated carbocycles. The van der Waals surface area contributed by atoms with Crippen molar-refractivity contribution < 1.29 is 8.76 Å². The summed E-state index contributed by atoms with van der Waals surface area (Å²) in [5.74, 6) is 0. The minimum absolute atomic E-state index is 0.162. The molecule has 0 fully saturated rings. The lowest BCUT2D eigenvalue weighted by Crippen LogP contribution is -1.91. The minimum atomic E-state index is -2.06. The van der Waals surface area contributed by atoms with Crippen molar-refractivity contribution in [3.05, 3.63) is 29.8 Å². The highest BCUT2D eigenvalue weighted by Gasteiger charge is 2.04. The third kappa shape index (κ3) is 1.64. The molecular weight excluding hydrogens is 162 g/mol. The summed E-state index contributed by atoms with van der Waals surface area (Å²) in [4.78, 5) is 0.162. The van der Waals surface area contributed by atoms with Gasteiger partial charge < -0.3 is 4.55 Å². The van der Waals surface area contributed by atoms with Gasteiger partial charge in [-0.1, -0.05) is 12.1 Å². The maximum Gasteiger partial charge on any atom is 0.187 e. The fraction of sp³-hybridized carbons (Fsp3) is 0. The first-order valence-corrected chi connectivity index (χ1v) is 3.96. The van der Waals surface area contributed by atoms with Gasteiger partial charge in [0.1, 0.15) is 6.07 Å². The van der Waals surface area contributed by atoms with Gasteiger partial charge in [-0.05, 0) is 12.1 Å². The molecule has 1 aromatic carbocycles. The Bertz CT molecular complexity index is 329. The quantitative estimate of drug-likeness (QED) is 0.638. The molecule has 1 unspecified atom stereocenters. The molecule has 0 aromatic heterocycles. The number of benzene rings is 1. The highest BCUT2D eigenvalue weighted by atomic mass is 32.2. The van der Waals surface area contributed by atoms with Gasteiger partial charge in [-0.25, -0.2) is 4.21 Å². The molecule has 0 aliphatic carbocycles. The van der Waals surface area contributed by atoms with Crippen LogP contribution in [0.2, 0.25) is 0 Å². The summed E-state index contributed by atoms with van der Waals surface area (Å²) in [5.41, 5.74) is 0.244. The van der Waals surface area contributed by atoms with E-state index in [0.717, 1.165) is 0 Å². The molecule has 0 aliphatic rings. The van der Waals surface area contributed by atoms with Crippen LogP contribution in [0.4, 0.5) is 0 Å². The van der Waals surface area contributed by atoms with Crippen LogP contribution in [0.5, 0.6) is 0 Å². The molecule has 1 rings (SSSR count). The molecule has 11 heavy (non-hydrogen) atoms. The van der Waals surface area contributed by atoms with Gasteiger partial charge >= 0.3 is 0 Å². The van der Waals surface area contributed by atoms with Gasteiger partial charge in [0.25, 0.3) is 0 Å². The van der Waals surface area contributed by atoms with Crippen LogP contribution in [0.25, 0.3) is 0 Å². The van der Waals surface area contributed by atoms with Crippen LogP contribution in [0.1, 0.15) is 5.56 Å². The maximum atomic E-state index is 10.5. The van der Waals surface area contributed by atoms with Crippen molar-refractivity contribution in [2.24, 2.45) is 0 Å². The molecule has 0 saturated heterocycles. The molecular formula is C7H5NO2S. The Kier molecular flexibility index (Phi) is 2.36. The summed E-state index contributed by atoms with van der Waals surface area (Å²) in [6.07, 6.45) is 0. The molecule has 1 atom stereocenters. The van der Waals surface area contributed by atoms with Crippen LogP contribution in [0, 0.1) is 11.3 Å². The lowest BCUT2D eigenvalue weighted by atomic mass is 10.2. The second-order valence-corrected chi connectivity index (χ2v) is 2.80. The van der Waals surface area contributed by atoms with E-state index in [-0.39, 0.29) is 10.5 Å². The summed E-state index contributed by atoms with van der Waals surface area (Å²) in [6, 6.07) is 8.04. The van der Waals surface area contributed by atoms with Crippen molar-refractivity contribution in [1.29, 1.82) is 5.26 Å². The summed E-state index contributed by atoms with van der Waals surface area (Å²) >= 11 is -2.06. The number of nitriles is 1. The first-order chi connectivity index (χ1) is 5.25. The monoisotopic (exact) mass is 167 g/mol. The van der Waals surface area contributed by atoms with E-state index in [1.54, 1.807) is 12.1 Å². The van der Waals surface area contributed by atoms with Crippen molar-refractivity contribution in [2.75, 3.05) is 0 Å². The van der Waals surface area contributed by atoms with E-state index in [4.69, 9.17) is 9.81 Å². The third-order valence-electron chi connectivity index (χ3n) is 1.20. The van der Waals surface area contributed by atoms with Crippen LogP contribution >= 0.6 is 0 Å². The zero-order valence-electron chi connectivity index (χ0n) is 5.52. The van der Waals surface area contributed by atoms with Crippen LogP contribution < -0.4 is 0 Å². The van der Waals surface area contributed by atoms with Crippen LogP contribution in [-0.4, -0.2) is 8.76 Å². The average Bonchev–Trinajstić information content (AvgIpc) is 2.04. The molecule has 0 aliphatic heterocycles. The van der Waals surface area contributed by atoms with Crippen LogP contribution in [-0.2, 0) is 11.1 Å². The average molecular weight is 167 g/mol. The van der Waals surface area contributed by atoms with E-state index in [1.807, 2.05) is 6.07 Å². The normalized spacial score (nSPS) is 12.0. The predicted molar refractivity (Wildman–Crippen MR) is 40.2 cm³/mol. The van der Waals surface area contributed by atoms with E-state index in [1.165, 1.54) is 12.1 Å². The van der Waals surface area contributed by atoms with E-state index in [0.29, 0.717) is 0 Å². The van der Waals surface area contributed by atoms with Gasteiger partial charge in [0.2, 0.25) is 0 Å². The molecule has 0 radical (unpaired) electrons. The van der Waals surface area contributed by atoms with Crippen molar-refractivity contribution in [2.45, 2.75) is 4.90 Å². The first kappa shape index (κ1) is 7.92. The lowest BCUT2D eigenvalue weighted by molar-refractivity contribution is 0.564. The summed E-state index contributed by atoms with van der Waals surface area (Å²) in [6.45, 7) is 0. The predicted octanol–water partition coefficient (Wildman–Crippen LogP) is 1.14. The van der Waals surface area contributed by atoms with E-state index in [2.05, 4.69) is 0 Å². The van der Waals surface area contributed by atoms with Gasteiger partial charge in [0, 0.05) is 0 Å². The van der Waals surface area contributed by atoms with E-state index in [9.17, 15) is 4.21 Å². The largest absolute Gasteiger partial charge is 0.302 e. The molecule has 3 nitrogen and oxygen atoms in total. The molecule has 0 amide bonds. The van der Waals surface area contributed by atoms with E-state index < -0.39 is 11.1 Å². The van der Waals surface area contributed by atoms with Gasteiger partial charge in [-0.3, -0.25) is 0 Å². The summed E-state index contributed by atoms with van der Waals surface area (Å²) < 4.78 is 19.2.